The Bertz CT molecular complexity index is 596. The molecule has 0 aromatic heterocycles. The monoisotopic (exact) mass is 344 g/mol. The molecule has 2 heterocycles. The normalized spacial score (nSPS) is 26.3. The van der Waals surface area contributed by atoms with Crippen LogP contribution in [0.25, 0.3) is 0 Å². The van der Waals surface area contributed by atoms with E-state index in [4.69, 9.17) is 18.6 Å². The minimum Gasteiger partial charge on any atom is -0.399 e. The summed E-state index contributed by atoms with van der Waals surface area (Å²) >= 11 is 0. The lowest BCUT2D eigenvalue weighted by atomic mass is 9.68. The summed E-state index contributed by atoms with van der Waals surface area (Å²) in [6, 6.07) is 6.15. The summed E-state index contributed by atoms with van der Waals surface area (Å²) in [5.74, 6) is 0. The van der Waals surface area contributed by atoms with E-state index in [1.54, 1.807) is 0 Å². The van der Waals surface area contributed by atoms with Crippen LogP contribution in [0, 0.1) is 6.92 Å². The summed E-state index contributed by atoms with van der Waals surface area (Å²) in [6.45, 7) is 18.6. The average molecular weight is 344 g/mol. The lowest BCUT2D eigenvalue weighted by molar-refractivity contribution is 0.00578. The number of rotatable bonds is 2. The summed E-state index contributed by atoms with van der Waals surface area (Å²) in [7, 11) is -0.764. The van der Waals surface area contributed by atoms with Crippen molar-refractivity contribution >= 4 is 25.2 Å². The van der Waals surface area contributed by atoms with E-state index in [0.717, 1.165) is 16.5 Å². The van der Waals surface area contributed by atoms with Crippen LogP contribution in [0.5, 0.6) is 0 Å². The van der Waals surface area contributed by atoms with Gasteiger partial charge in [0, 0.05) is 0 Å². The number of hydrogen-bond acceptors (Lipinski definition) is 4. The summed E-state index contributed by atoms with van der Waals surface area (Å²) in [6.07, 6.45) is 0. The molecule has 0 atom stereocenters. The zero-order chi connectivity index (χ0) is 18.8. The molecule has 0 bridgehead atoms. The van der Waals surface area contributed by atoms with Gasteiger partial charge >= 0.3 is 14.2 Å². The molecule has 2 aliphatic heterocycles. The molecule has 0 amide bonds. The molecule has 0 saturated carbocycles. The van der Waals surface area contributed by atoms with Gasteiger partial charge in [-0.05, 0) is 73.2 Å². The van der Waals surface area contributed by atoms with Crippen molar-refractivity contribution in [3.63, 3.8) is 0 Å². The minimum atomic E-state index is -0.382. The molecule has 1 aromatic rings. The van der Waals surface area contributed by atoms with Gasteiger partial charge in [-0.25, -0.2) is 0 Å². The van der Waals surface area contributed by atoms with E-state index >= 15 is 0 Å². The molecule has 4 nitrogen and oxygen atoms in total. The molecule has 0 spiro atoms. The second kappa shape index (κ2) is 5.59. The van der Waals surface area contributed by atoms with Crippen molar-refractivity contribution in [3.8, 4) is 0 Å². The van der Waals surface area contributed by atoms with Gasteiger partial charge in [-0.1, -0.05) is 23.8 Å². The molecular formula is C19H30B2O4. The fraction of sp³-hybridized carbons (Fsp3) is 0.684. The highest BCUT2D eigenvalue weighted by atomic mass is 16.7. The maximum atomic E-state index is 6.23. The standard InChI is InChI=1S/C19H30B2O4/c1-13-14(20-22-16(2,3)17(4,5)23-20)11-10-12-15(13)21-24-18(6,7)19(8,9)25-21/h10-12H,1-9H3. The maximum Gasteiger partial charge on any atom is 0.495 e. The van der Waals surface area contributed by atoms with Gasteiger partial charge in [-0.15, -0.1) is 0 Å². The summed E-state index contributed by atoms with van der Waals surface area (Å²) in [5, 5.41) is 0. The van der Waals surface area contributed by atoms with E-state index in [9.17, 15) is 0 Å². The third-order valence-electron chi connectivity index (χ3n) is 6.43. The lowest BCUT2D eigenvalue weighted by Gasteiger charge is -2.32. The van der Waals surface area contributed by atoms with Crippen LogP contribution in [0.3, 0.4) is 0 Å². The second-order valence-electron chi connectivity index (χ2n) is 9.24. The Morgan fingerprint density at radius 2 is 0.880 bits per heavy atom. The first-order valence-corrected chi connectivity index (χ1v) is 9.08. The van der Waals surface area contributed by atoms with Crippen LogP contribution in [0.15, 0.2) is 18.2 Å². The number of benzene rings is 1. The molecule has 2 aliphatic rings. The van der Waals surface area contributed by atoms with E-state index in [0.29, 0.717) is 0 Å². The molecule has 0 N–H and O–H groups in total. The Kier molecular flexibility index (Phi) is 4.24. The van der Waals surface area contributed by atoms with E-state index in [1.807, 2.05) is 6.07 Å². The summed E-state index contributed by atoms with van der Waals surface area (Å²) in [5.41, 5.74) is 1.74. The van der Waals surface area contributed by atoms with Crippen LogP contribution in [-0.4, -0.2) is 36.6 Å². The molecule has 136 valence electrons. The van der Waals surface area contributed by atoms with Gasteiger partial charge in [0.15, 0.2) is 0 Å². The average Bonchev–Trinajstić information content (AvgIpc) is 2.78. The molecule has 25 heavy (non-hydrogen) atoms. The van der Waals surface area contributed by atoms with Gasteiger partial charge in [-0.2, -0.15) is 0 Å². The van der Waals surface area contributed by atoms with E-state index < -0.39 is 0 Å². The topological polar surface area (TPSA) is 36.9 Å². The van der Waals surface area contributed by atoms with Crippen molar-refractivity contribution in [2.45, 2.75) is 84.7 Å². The van der Waals surface area contributed by atoms with Gasteiger partial charge in [0.1, 0.15) is 0 Å². The van der Waals surface area contributed by atoms with Crippen LogP contribution in [0.4, 0.5) is 0 Å². The van der Waals surface area contributed by atoms with E-state index in [-0.39, 0.29) is 36.6 Å². The zero-order valence-corrected chi connectivity index (χ0v) is 17.0. The molecule has 0 unspecified atom stereocenters. The molecule has 0 radical (unpaired) electrons. The Morgan fingerprint density at radius 3 is 1.16 bits per heavy atom. The molecular weight excluding hydrogens is 314 g/mol. The third-order valence-corrected chi connectivity index (χ3v) is 6.43. The fourth-order valence-electron chi connectivity index (χ4n) is 3.12. The zero-order valence-electron chi connectivity index (χ0n) is 17.0. The minimum absolute atomic E-state index is 0.357. The van der Waals surface area contributed by atoms with Gasteiger partial charge < -0.3 is 18.6 Å². The molecule has 3 rings (SSSR count). The quantitative estimate of drug-likeness (QED) is 0.773. The third kappa shape index (κ3) is 2.97. The van der Waals surface area contributed by atoms with E-state index in [1.165, 1.54) is 0 Å². The Morgan fingerprint density at radius 1 is 0.600 bits per heavy atom. The predicted octanol–water partition coefficient (Wildman–Crippen LogP) is 2.59. The van der Waals surface area contributed by atoms with Crippen molar-refractivity contribution in [1.29, 1.82) is 0 Å². The maximum absolute atomic E-state index is 6.23. The summed E-state index contributed by atoms with van der Waals surface area (Å²) < 4.78 is 24.9. The fourth-order valence-corrected chi connectivity index (χ4v) is 3.12. The van der Waals surface area contributed by atoms with Gasteiger partial charge in [-0.3, -0.25) is 0 Å². The SMILES string of the molecule is Cc1c(B2OC(C)(C)C(C)(C)O2)cccc1B1OC(C)(C)C(C)(C)O1. The Labute approximate surface area is 152 Å². The van der Waals surface area contributed by atoms with Crippen molar-refractivity contribution in [1.82, 2.24) is 0 Å². The predicted molar refractivity (Wildman–Crippen MR) is 103 cm³/mol. The van der Waals surface area contributed by atoms with Crippen molar-refractivity contribution in [2.75, 3.05) is 0 Å². The highest BCUT2D eigenvalue weighted by molar-refractivity contribution is 6.67. The van der Waals surface area contributed by atoms with Crippen molar-refractivity contribution in [3.05, 3.63) is 23.8 Å². The molecule has 6 heteroatoms. The smallest absolute Gasteiger partial charge is 0.399 e. The highest BCUT2D eigenvalue weighted by Crippen LogP contribution is 2.38. The Hall–Kier alpha value is -0.810. The molecule has 2 fully saturated rings. The van der Waals surface area contributed by atoms with Crippen molar-refractivity contribution < 1.29 is 18.6 Å². The van der Waals surface area contributed by atoms with Crippen LogP contribution < -0.4 is 10.9 Å². The first kappa shape index (κ1) is 19.0. The summed E-state index contributed by atoms with van der Waals surface area (Å²) in [4.78, 5) is 0. The molecule has 0 aliphatic carbocycles. The second-order valence-corrected chi connectivity index (χ2v) is 9.24. The van der Waals surface area contributed by atoms with Gasteiger partial charge in [0.05, 0.1) is 22.4 Å². The van der Waals surface area contributed by atoms with Crippen LogP contribution in [0.1, 0.15) is 61.0 Å². The van der Waals surface area contributed by atoms with Crippen LogP contribution in [-0.2, 0) is 18.6 Å². The first-order valence-electron chi connectivity index (χ1n) is 9.08. The lowest BCUT2D eigenvalue weighted by Crippen LogP contribution is -2.44. The van der Waals surface area contributed by atoms with E-state index in [2.05, 4.69) is 74.4 Å². The molecule has 1 aromatic carbocycles. The first-order chi connectivity index (χ1) is 11.3. The van der Waals surface area contributed by atoms with Crippen LogP contribution in [0.2, 0.25) is 0 Å². The van der Waals surface area contributed by atoms with Gasteiger partial charge in [0.25, 0.3) is 0 Å². The largest absolute Gasteiger partial charge is 0.495 e. The number of hydrogen-bond donors (Lipinski definition) is 0. The van der Waals surface area contributed by atoms with Crippen molar-refractivity contribution in [2.24, 2.45) is 0 Å². The highest BCUT2D eigenvalue weighted by Gasteiger charge is 2.54. The van der Waals surface area contributed by atoms with Gasteiger partial charge in [0.2, 0.25) is 0 Å². The molecule has 2 saturated heterocycles. The Balaban J connectivity index is 1.93. The van der Waals surface area contributed by atoms with Crippen LogP contribution >= 0.6 is 0 Å².